The van der Waals surface area contributed by atoms with E-state index in [-0.39, 0.29) is 24.1 Å². The predicted molar refractivity (Wildman–Crippen MR) is 114 cm³/mol. The Morgan fingerprint density at radius 1 is 1.13 bits per heavy atom. The summed E-state index contributed by atoms with van der Waals surface area (Å²) >= 11 is 0. The van der Waals surface area contributed by atoms with Crippen molar-refractivity contribution in [2.45, 2.75) is 25.7 Å². The SMILES string of the molecule is Cc1cccn2c(C(CC(=O)NCCc3ccccn3)c3cccc(F)c3)cnc12. The molecule has 0 aliphatic rings. The summed E-state index contributed by atoms with van der Waals surface area (Å²) in [6.45, 7) is 2.49. The Bertz CT molecular complexity index is 1160. The highest BCUT2D eigenvalue weighted by atomic mass is 19.1. The first-order chi connectivity index (χ1) is 14.6. The lowest BCUT2D eigenvalue weighted by Gasteiger charge is -2.18. The molecule has 0 saturated carbocycles. The number of carbonyl (C=O) groups is 1. The fourth-order valence-electron chi connectivity index (χ4n) is 3.68. The van der Waals surface area contributed by atoms with Crippen LogP contribution in [-0.2, 0) is 11.2 Å². The maximum Gasteiger partial charge on any atom is 0.221 e. The number of hydrogen-bond acceptors (Lipinski definition) is 3. The second-order valence-electron chi connectivity index (χ2n) is 7.30. The van der Waals surface area contributed by atoms with Gasteiger partial charge in [-0.05, 0) is 48.4 Å². The molecule has 1 amide bonds. The average molecular weight is 402 g/mol. The van der Waals surface area contributed by atoms with E-state index in [1.165, 1.54) is 12.1 Å². The number of halogens is 1. The van der Waals surface area contributed by atoms with Crippen LogP contribution in [0.1, 0.15) is 34.9 Å². The summed E-state index contributed by atoms with van der Waals surface area (Å²) in [7, 11) is 0. The second-order valence-corrected chi connectivity index (χ2v) is 7.30. The number of nitrogens with zero attached hydrogens (tertiary/aromatic N) is 3. The van der Waals surface area contributed by atoms with Gasteiger partial charge in [-0.2, -0.15) is 0 Å². The van der Waals surface area contributed by atoms with Crippen molar-refractivity contribution >= 4 is 11.6 Å². The van der Waals surface area contributed by atoms with Gasteiger partial charge in [-0.1, -0.05) is 24.3 Å². The molecular weight excluding hydrogens is 379 g/mol. The Hall–Kier alpha value is -3.54. The van der Waals surface area contributed by atoms with Gasteiger partial charge in [-0.3, -0.25) is 9.78 Å². The van der Waals surface area contributed by atoms with Crippen LogP contribution in [0.3, 0.4) is 0 Å². The molecule has 1 unspecified atom stereocenters. The van der Waals surface area contributed by atoms with Gasteiger partial charge >= 0.3 is 0 Å². The van der Waals surface area contributed by atoms with E-state index in [0.717, 1.165) is 28.2 Å². The number of aryl methyl sites for hydroxylation is 1. The lowest BCUT2D eigenvalue weighted by Crippen LogP contribution is -2.28. The minimum Gasteiger partial charge on any atom is -0.356 e. The maximum atomic E-state index is 13.9. The molecule has 4 aromatic rings. The number of aromatic nitrogens is 3. The first-order valence-corrected chi connectivity index (χ1v) is 9.96. The minimum absolute atomic E-state index is 0.0946. The molecule has 0 bridgehead atoms. The van der Waals surface area contributed by atoms with Crippen molar-refractivity contribution in [3.05, 3.63) is 102 Å². The number of hydrogen-bond donors (Lipinski definition) is 1. The molecule has 3 heterocycles. The number of pyridine rings is 2. The molecule has 1 N–H and O–H groups in total. The molecule has 0 aliphatic heterocycles. The van der Waals surface area contributed by atoms with E-state index in [4.69, 9.17) is 0 Å². The standard InChI is InChI=1S/C24H23FN4O/c1-17-6-5-13-29-22(16-28-24(17)29)21(18-7-4-8-19(25)14-18)15-23(30)27-12-10-20-9-2-3-11-26-20/h2-9,11,13-14,16,21H,10,12,15H2,1H3,(H,27,30). The van der Waals surface area contributed by atoms with Gasteiger partial charge in [0.05, 0.1) is 5.69 Å². The summed E-state index contributed by atoms with van der Waals surface area (Å²) in [5.74, 6) is -0.729. The van der Waals surface area contributed by atoms with Crippen molar-refractivity contribution < 1.29 is 9.18 Å². The van der Waals surface area contributed by atoms with E-state index in [2.05, 4.69) is 15.3 Å². The third-order valence-electron chi connectivity index (χ3n) is 5.19. The molecule has 30 heavy (non-hydrogen) atoms. The highest BCUT2D eigenvalue weighted by Crippen LogP contribution is 2.29. The van der Waals surface area contributed by atoms with E-state index in [1.54, 1.807) is 18.5 Å². The van der Waals surface area contributed by atoms with Crippen LogP contribution in [0.15, 0.2) is 73.2 Å². The number of nitrogens with one attached hydrogen (secondary N) is 1. The van der Waals surface area contributed by atoms with Crippen LogP contribution in [0, 0.1) is 12.7 Å². The van der Waals surface area contributed by atoms with Crippen LogP contribution in [0.5, 0.6) is 0 Å². The third-order valence-corrected chi connectivity index (χ3v) is 5.19. The smallest absolute Gasteiger partial charge is 0.221 e. The van der Waals surface area contributed by atoms with Gasteiger partial charge in [0.1, 0.15) is 11.5 Å². The topological polar surface area (TPSA) is 59.3 Å². The van der Waals surface area contributed by atoms with Crippen molar-refractivity contribution in [2.24, 2.45) is 0 Å². The van der Waals surface area contributed by atoms with E-state index >= 15 is 0 Å². The molecule has 1 aromatic carbocycles. The van der Waals surface area contributed by atoms with Gasteiger partial charge < -0.3 is 9.72 Å². The van der Waals surface area contributed by atoms with Gasteiger partial charge in [0.2, 0.25) is 5.91 Å². The van der Waals surface area contributed by atoms with E-state index < -0.39 is 0 Å². The van der Waals surface area contributed by atoms with Crippen LogP contribution >= 0.6 is 0 Å². The molecule has 5 nitrogen and oxygen atoms in total. The highest BCUT2D eigenvalue weighted by Gasteiger charge is 2.22. The Morgan fingerprint density at radius 2 is 2.03 bits per heavy atom. The largest absolute Gasteiger partial charge is 0.356 e. The van der Waals surface area contributed by atoms with Crippen LogP contribution < -0.4 is 5.32 Å². The lowest BCUT2D eigenvalue weighted by atomic mass is 9.92. The summed E-state index contributed by atoms with van der Waals surface area (Å²) in [5, 5.41) is 2.97. The molecule has 0 fully saturated rings. The summed E-state index contributed by atoms with van der Waals surface area (Å²) in [6, 6.07) is 16.1. The number of fused-ring (bicyclic) bond motifs is 1. The number of imidazole rings is 1. The fraction of sp³-hybridized carbons (Fsp3) is 0.208. The number of rotatable bonds is 7. The molecule has 0 spiro atoms. The average Bonchev–Trinajstić information content (AvgIpc) is 3.18. The Kier molecular flexibility index (Phi) is 5.84. The van der Waals surface area contributed by atoms with Crippen molar-refractivity contribution in [3.63, 3.8) is 0 Å². The molecule has 152 valence electrons. The Balaban J connectivity index is 1.56. The van der Waals surface area contributed by atoms with Crippen molar-refractivity contribution in [1.82, 2.24) is 19.7 Å². The lowest BCUT2D eigenvalue weighted by molar-refractivity contribution is -0.121. The molecule has 6 heteroatoms. The third kappa shape index (κ3) is 4.38. The van der Waals surface area contributed by atoms with Crippen LogP contribution in [0.2, 0.25) is 0 Å². The van der Waals surface area contributed by atoms with E-state index in [0.29, 0.717) is 13.0 Å². The van der Waals surface area contributed by atoms with Gasteiger partial charge in [0.15, 0.2) is 0 Å². The fourth-order valence-corrected chi connectivity index (χ4v) is 3.68. The van der Waals surface area contributed by atoms with Gasteiger partial charge in [0, 0.05) is 49.6 Å². The molecule has 0 aliphatic carbocycles. The zero-order valence-corrected chi connectivity index (χ0v) is 16.8. The number of amides is 1. The second kappa shape index (κ2) is 8.86. The minimum atomic E-state index is -0.321. The normalized spacial score (nSPS) is 12.1. The van der Waals surface area contributed by atoms with Gasteiger partial charge in [0.25, 0.3) is 0 Å². The van der Waals surface area contributed by atoms with Gasteiger partial charge in [-0.15, -0.1) is 0 Å². The van der Waals surface area contributed by atoms with Crippen LogP contribution in [-0.4, -0.2) is 26.8 Å². The van der Waals surface area contributed by atoms with Crippen molar-refractivity contribution in [1.29, 1.82) is 0 Å². The number of carbonyl (C=O) groups excluding carboxylic acids is 1. The predicted octanol–water partition coefficient (Wildman–Crippen LogP) is 4.06. The zero-order valence-electron chi connectivity index (χ0n) is 16.8. The van der Waals surface area contributed by atoms with Crippen molar-refractivity contribution in [3.8, 4) is 0 Å². The quantitative estimate of drug-likeness (QED) is 0.507. The highest BCUT2D eigenvalue weighted by molar-refractivity contribution is 5.77. The Labute approximate surface area is 174 Å². The molecule has 0 saturated heterocycles. The van der Waals surface area contributed by atoms with Gasteiger partial charge in [-0.25, -0.2) is 9.37 Å². The number of benzene rings is 1. The maximum absolute atomic E-state index is 13.9. The molecule has 1 atom stereocenters. The summed E-state index contributed by atoms with van der Waals surface area (Å²) in [6.07, 6.45) is 6.30. The first kappa shape index (κ1) is 19.8. The van der Waals surface area contributed by atoms with Crippen LogP contribution in [0.4, 0.5) is 4.39 Å². The van der Waals surface area contributed by atoms with Crippen molar-refractivity contribution in [2.75, 3.05) is 6.54 Å². The Morgan fingerprint density at radius 3 is 2.83 bits per heavy atom. The zero-order chi connectivity index (χ0) is 20.9. The summed E-state index contributed by atoms with van der Waals surface area (Å²) < 4.78 is 15.9. The molecule has 4 rings (SSSR count). The molecule has 3 aromatic heterocycles. The van der Waals surface area contributed by atoms with E-state index in [1.807, 2.05) is 53.9 Å². The molecule has 0 radical (unpaired) electrons. The van der Waals surface area contributed by atoms with E-state index in [9.17, 15) is 9.18 Å². The summed E-state index contributed by atoms with van der Waals surface area (Å²) in [5.41, 5.74) is 4.42. The monoisotopic (exact) mass is 402 g/mol. The summed E-state index contributed by atoms with van der Waals surface area (Å²) in [4.78, 5) is 21.5. The first-order valence-electron chi connectivity index (χ1n) is 9.96. The van der Waals surface area contributed by atoms with Crippen LogP contribution in [0.25, 0.3) is 5.65 Å². The molecular formula is C24H23FN4O.